The first-order valence-corrected chi connectivity index (χ1v) is 6.17. The van der Waals surface area contributed by atoms with Crippen LogP contribution < -0.4 is 0 Å². The molecular formula is C13H19NO4. The molecule has 2 rings (SSSR count). The van der Waals surface area contributed by atoms with Crippen molar-refractivity contribution in [1.29, 1.82) is 0 Å². The maximum Gasteiger partial charge on any atom is 0.341 e. The SMILES string of the molecule is COC(=O)c1ccoc1CN1CCC(C)C1CO. The third kappa shape index (κ3) is 2.42. The van der Waals surface area contributed by atoms with E-state index in [0.717, 1.165) is 13.0 Å². The zero-order valence-electron chi connectivity index (χ0n) is 10.8. The number of hydrogen-bond donors (Lipinski definition) is 1. The van der Waals surface area contributed by atoms with Crippen LogP contribution in [-0.4, -0.2) is 42.3 Å². The lowest BCUT2D eigenvalue weighted by Gasteiger charge is -2.24. The number of likely N-dealkylation sites (tertiary alicyclic amines) is 1. The van der Waals surface area contributed by atoms with Gasteiger partial charge in [-0.25, -0.2) is 4.79 Å². The Labute approximate surface area is 106 Å². The molecule has 100 valence electrons. The molecule has 1 N–H and O–H groups in total. The van der Waals surface area contributed by atoms with Crippen molar-refractivity contribution in [3.63, 3.8) is 0 Å². The zero-order chi connectivity index (χ0) is 13.1. The highest BCUT2D eigenvalue weighted by Gasteiger charge is 2.32. The average Bonchev–Trinajstić information content (AvgIpc) is 2.96. The normalized spacial score (nSPS) is 24.4. The summed E-state index contributed by atoms with van der Waals surface area (Å²) in [4.78, 5) is 13.7. The van der Waals surface area contributed by atoms with E-state index in [-0.39, 0.29) is 18.6 Å². The zero-order valence-corrected chi connectivity index (χ0v) is 10.8. The lowest BCUT2D eigenvalue weighted by molar-refractivity contribution is 0.0594. The molecule has 0 saturated carbocycles. The maximum absolute atomic E-state index is 11.5. The summed E-state index contributed by atoms with van der Waals surface area (Å²) >= 11 is 0. The summed E-state index contributed by atoms with van der Waals surface area (Å²) < 4.78 is 10.1. The lowest BCUT2D eigenvalue weighted by Crippen LogP contribution is -2.34. The highest BCUT2D eigenvalue weighted by atomic mass is 16.5. The van der Waals surface area contributed by atoms with Crippen molar-refractivity contribution in [1.82, 2.24) is 4.90 Å². The van der Waals surface area contributed by atoms with Gasteiger partial charge in [-0.2, -0.15) is 0 Å². The van der Waals surface area contributed by atoms with Gasteiger partial charge in [0.15, 0.2) is 0 Å². The second-order valence-corrected chi connectivity index (χ2v) is 4.74. The number of aliphatic hydroxyl groups excluding tert-OH is 1. The summed E-state index contributed by atoms with van der Waals surface area (Å²) in [5.74, 6) is 0.687. The molecule has 1 fully saturated rings. The van der Waals surface area contributed by atoms with Crippen molar-refractivity contribution in [2.24, 2.45) is 5.92 Å². The van der Waals surface area contributed by atoms with Crippen LogP contribution in [0.25, 0.3) is 0 Å². The fourth-order valence-electron chi connectivity index (χ4n) is 2.52. The molecule has 2 atom stereocenters. The molecule has 0 aromatic carbocycles. The van der Waals surface area contributed by atoms with Crippen LogP contribution >= 0.6 is 0 Å². The predicted octanol–water partition coefficient (Wildman–Crippen LogP) is 1.27. The predicted molar refractivity (Wildman–Crippen MR) is 65.1 cm³/mol. The summed E-state index contributed by atoms with van der Waals surface area (Å²) in [5, 5.41) is 9.40. The van der Waals surface area contributed by atoms with Crippen LogP contribution in [0.15, 0.2) is 16.7 Å². The number of rotatable bonds is 4. The van der Waals surface area contributed by atoms with Crippen molar-refractivity contribution in [2.75, 3.05) is 20.3 Å². The van der Waals surface area contributed by atoms with Gasteiger partial charge in [0.05, 0.1) is 26.5 Å². The third-order valence-corrected chi connectivity index (χ3v) is 3.68. The summed E-state index contributed by atoms with van der Waals surface area (Å²) in [6.45, 7) is 3.71. The molecule has 1 aliphatic heterocycles. The molecule has 0 radical (unpaired) electrons. The van der Waals surface area contributed by atoms with E-state index in [9.17, 15) is 9.90 Å². The van der Waals surface area contributed by atoms with E-state index in [0.29, 0.717) is 23.8 Å². The first kappa shape index (κ1) is 13.1. The number of methoxy groups -OCH3 is 1. The molecule has 0 spiro atoms. The molecule has 0 bridgehead atoms. The second kappa shape index (κ2) is 5.54. The van der Waals surface area contributed by atoms with E-state index < -0.39 is 0 Å². The number of carbonyl (C=O) groups is 1. The Morgan fingerprint density at radius 1 is 1.67 bits per heavy atom. The van der Waals surface area contributed by atoms with Crippen LogP contribution in [0, 0.1) is 5.92 Å². The molecule has 5 nitrogen and oxygen atoms in total. The van der Waals surface area contributed by atoms with Crippen LogP contribution in [0.3, 0.4) is 0 Å². The highest BCUT2D eigenvalue weighted by molar-refractivity contribution is 5.90. The van der Waals surface area contributed by atoms with E-state index in [2.05, 4.69) is 11.8 Å². The Morgan fingerprint density at radius 3 is 3.11 bits per heavy atom. The number of esters is 1. The molecule has 1 saturated heterocycles. The van der Waals surface area contributed by atoms with Crippen LogP contribution in [0.2, 0.25) is 0 Å². The summed E-state index contributed by atoms with van der Waals surface area (Å²) in [7, 11) is 1.35. The minimum Gasteiger partial charge on any atom is -0.467 e. The van der Waals surface area contributed by atoms with E-state index >= 15 is 0 Å². The number of nitrogens with zero attached hydrogens (tertiary/aromatic N) is 1. The van der Waals surface area contributed by atoms with Crippen LogP contribution in [0.4, 0.5) is 0 Å². The van der Waals surface area contributed by atoms with Gasteiger partial charge in [0.1, 0.15) is 11.3 Å². The van der Waals surface area contributed by atoms with Gasteiger partial charge in [-0.15, -0.1) is 0 Å². The van der Waals surface area contributed by atoms with Gasteiger partial charge >= 0.3 is 5.97 Å². The second-order valence-electron chi connectivity index (χ2n) is 4.74. The monoisotopic (exact) mass is 253 g/mol. The van der Waals surface area contributed by atoms with Gasteiger partial charge in [-0.1, -0.05) is 6.92 Å². The number of ether oxygens (including phenoxy) is 1. The Bertz CT molecular complexity index is 415. The maximum atomic E-state index is 11.5. The molecule has 18 heavy (non-hydrogen) atoms. The van der Waals surface area contributed by atoms with Gasteiger partial charge in [0, 0.05) is 6.04 Å². The summed E-state index contributed by atoms with van der Waals surface area (Å²) in [6, 6.07) is 1.76. The standard InChI is InChI=1S/C13H19NO4/c1-9-3-5-14(11(9)8-15)7-12-10(4-6-18-12)13(16)17-2/h4,6,9,11,15H,3,5,7-8H2,1-2H3. The molecule has 2 heterocycles. The Morgan fingerprint density at radius 2 is 2.44 bits per heavy atom. The van der Waals surface area contributed by atoms with Gasteiger partial charge < -0.3 is 14.3 Å². The number of hydrogen-bond acceptors (Lipinski definition) is 5. The lowest BCUT2D eigenvalue weighted by atomic mass is 10.0. The molecular weight excluding hydrogens is 234 g/mol. The first-order chi connectivity index (χ1) is 8.67. The quantitative estimate of drug-likeness (QED) is 0.819. The van der Waals surface area contributed by atoms with Crippen molar-refractivity contribution in [3.05, 3.63) is 23.7 Å². The topological polar surface area (TPSA) is 62.9 Å². The van der Waals surface area contributed by atoms with Crippen molar-refractivity contribution >= 4 is 5.97 Å². The van der Waals surface area contributed by atoms with E-state index in [1.165, 1.54) is 13.4 Å². The molecule has 1 aromatic heterocycles. The molecule has 2 unspecified atom stereocenters. The molecule has 1 aliphatic rings. The fraction of sp³-hybridized carbons (Fsp3) is 0.615. The Kier molecular flexibility index (Phi) is 4.04. The smallest absolute Gasteiger partial charge is 0.341 e. The van der Waals surface area contributed by atoms with E-state index in [1.54, 1.807) is 6.07 Å². The fourth-order valence-corrected chi connectivity index (χ4v) is 2.52. The van der Waals surface area contributed by atoms with Gasteiger partial charge in [0.25, 0.3) is 0 Å². The molecule has 0 aliphatic carbocycles. The van der Waals surface area contributed by atoms with Crippen molar-refractivity contribution in [2.45, 2.75) is 25.9 Å². The van der Waals surface area contributed by atoms with Gasteiger partial charge in [0.2, 0.25) is 0 Å². The van der Waals surface area contributed by atoms with Crippen LogP contribution in [0.5, 0.6) is 0 Å². The average molecular weight is 253 g/mol. The molecule has 0 amide bonds. The number of aliphatic hydroxyl groups is 1. The van der Waals surface area contributed by atoms with Crippen LogP contribution in [0.1, 0.15) is 29.5 Å². The summed E-state index contributed by atoms with van der Waals surface area (Å²) in [6.07, 6.45) is 2.55. The van der Waals surface area contributed by atoms with E-state index in [1.807, 2.05) is 0 Å². The Balaban J connectivity index is 2.10. The van der Waals surface area contributed by atoms with E-state index in [4.69, 9.17) is 9.15 Å². The van der Waals surface area contributed by atoms with Gasteiger partial charge in [-0.05, 0) is 24.9 Å². The number of carbonyl (C=O) groups excluding carboxylic acids is 1. The minimum atomic E-state index is -0.383. The Hall–Kier alpha value is -1.33. The minimum absolute atomic E-state index is 0.134. The largest absolute Gasteiger partial charge is 0.467 e. The van der Waals surface area contributed by atoms with Crippen molar-refractivity contribution < 1.29 is 19.1 Å². The number of furan rings is 1. The van der Waals surface area contributed by atoms with Crippen LogP contribution in [-0.2, 0) is 11.3 Å². The van der Waals surface area contributed by atoms with Crippen molar-refractivity contribution in [3.8, 4) is 0 Å². The molecule has 5 heteroatoms. The third-order valence-electron chi connectivity index (χ3n) is 3.68. The molecule has 1 aromatic rings. The first-order valence-electron chi connectivity index (χ1n) is 6.17. The highest BCUT2D eigenvalue weighted by Crippen LogP contribution is 2.26. The van der Waals surface area contributed by atoms with Gasteiger partial charge in [-0.3, -0.25) is 4.90 Å². The summed E-state index contributed by atoms with van der Waals surface area (Å²) in [5.41, 5.74) is 0.466.